The lowest BCUT2D eigenvalue weighted by molar-refractivity contribution is -0.128. The van der Waals surface area contributed by atoms with Crippen LogP contribution in [-0.4, -0.2) is 17.6 Å². The molecule has 0 saturated heterocycles. The zero-order chi connectivity index (χ0) is 20.3. The predicted octanol–water partition coefficient (Wildman–Crippen LogP) is 5.27. The minimum absolute atomic E-state index is 0.0809. The van der Waals surface area contributed by atoms with E-state index < -0.39 is 6.10 Å². The Hall–Kier alpha value is -2.49. The van der Waals surface area contributed by atoms with E-state index in [1.54, 1.807) is 6.92 Å². The molecule has 1 aliphatic rings. The molecule has 0 aliphatic carbocycles. The van der Waals surface area contributed by atoms with Gasteiger partial charge in [0, 0.05) is 12.0 Å². The van der Waals surface area contributed by atoms with Crippen LogP contribution in [0.1, 0.15) is 62.8 Å². The molecule has 0 radical (unpaired) electrons. The van der Waals surface area contributed by atoms with Crippen molar-refractivity contribution in [2.75, 3.05) is 0 Å². The van der Waals surface area contributed by atoms with E-state index in [1.807, 2.05) is 50.2 Å². The molecule has 28 heavy (non-hydrogen) atoms. The number of ether oxygens (including phenoxy) is 2. The Kier molecular flexibility index (Phi) is 5.97. The van der Waals surface area contributed by atoms with Gasteiger partial charge in [0.25, 0.3) is 5.91 Å². The van der Waals surface area contributed by atoms with Crippen LogP contribution in [0.2, 0.25) is 0 Å². The number of hydrogen-bond acceptors (Lipinski definition) is 3. The Morgan fingerprint density at radius 2 is 1.82 bits per heavy atom. The van der Waals surface area contributed by atoms with Crippen molar-refractivity contribution >= 4 is 5.91 Å². The predicted molar refractivity (Wildman–Crippen MR) is 112 cm³/mol. The van der Waals surface area contributed by atoms with E-state index in [1.165, 1.54) is 0 Å². The van der Waals surface area contributed by atoms with Gasteiger partial charge in [0.05, 0.1) is 6.04 Å². The first-order valence-corrected chi connectivity index (χ1v) is 10.2. The van der Waals surface area contributed by atoms with Crippen LogP contribution in [0.25, 0.3) is 0 Å². The number of rotatable bonds is 6. The highest BCUT2D eigenvalue weighted by atomic mass is 16.5. The molecule has 0 bridgehead atoms. The Labute approximate surface area is 168 Å². The molecule has 150 valence electrons. The van der Waals surface area contributed by atoms with Gasteiger partial charge in [0.15, 0.2) is 6.10 Å². The maximum Gasteiger partial charge on any atom is 0.261 e. The third kappa shape index (κ3) is 4.32. The summed E-state index contributed by atoms with van der Waals surface area (Å²) in [5, 5.41) is 3.20. The zero-order valence-corrected chi connectivity index (χ0v) is 17.5. The summed E-state index contributed by atoms with van der Waals surface area (Å²) in [4.78, 5) is 12.9. The fourth-order valence-electron chi connectivity index (χ4n) is 3.98. The van der Waals surface area contributed by atoms with Crippen molar-refractivity contribution in [2.24, 2.45) is 0 Å². The molecule has 2 atom stereocenters. The van der Waals surface area contributed by atoms with Gasteiger partial charge in [0.2, 0.25) is 0 Å². The van der Waals surface area contributed by atoms with Crippen LogP contribution in [0, 0.1) is 13.8 Å². The lowest BCUT2D eigenvalue weighted by Crippen LogP contribution is -2.46. The van der Waals surface area contributed by atoms with Gasteiger partial charge in [0.1, 0.15) is 17.1 Å². The summed E-state index contributed by atoms with van der Waals surface area (Å²) >= 11 is 0. The van der Waals surface area contributed by atoms with E-state index in [-0.39, 0.29) is 17.6 Å². The monoisotopic (exact) mass is 381 g/mol. The second kappa shape index (κ2) is 8.26. The molecule has 4 heteroatoms. The quantitative estimate of drug-likeness (QED) is 0.741. The van der Waals surface area contributed by atoms with Gasteiger partial charge >= 0.3 is 0 Å². The van der Waals surface area contributed by atoms with Crippen LogP contribution in [0.15, 0.2) is 42.5 Å². The van der Waals surface area contributed by atoms with Crippen LogP contribution in [0.5, 0.6) is 11.5 Å². The van der Waals surface area contributed by atoms with E-state index in [4.69, 9.17) is 9.47 Å². The van der Waals surface area contributed by atoms with Crippen molar-refractivity contribution in [1.29, 1.82) is 0 Å². The molecule has 1 heterocycles. The Morgan fingerprint density at radius 1 is 1.18 bits per heavy atom. The normalized spacial score (nSPS) is 18.5. The maximum absolute atomic E-state index is 12.9. The number of benzene rings is 2. The summed E-state index contributed by atoms with van der Waals surface area (Å²) in [5.74, 6) is 1.48. The first kappa shape index (κ1) is 20.2. The number of para-hydroxylation sites is 1. The third-order valence-corrected chi connectivity index (χ3v) is 5.68. The minimum atomic E-state index is -0.575. The lowest BCUT2D eigenvalue weighted by atomic mass is 9.83. The number of nitrogens with one attached hydrogen (secondary N) is 1. The van der Waals surface area contributed by atoms with Crippen molar-refractivity contribution in [3.8, 4) is 11.5 Å². The molecular weight excluding hydrogens is 350 g/mol. The summed E-state index contributed by atoms with van der Waals surface area (Å²) in [6.07, 6.45) is 1.99. The Balaban J connectivity index is 1.76. The molecule has 3 rings (SSSR count). The minimum Gasteiger partial charge on any atom is -0.487 e. The molecule has 1 amide bonds. The smallest absolute Gasteiger partial charge is 0.261 e. The van der Waals surface area contributed by atoms with Crippen LogP contribution in [0.3, 0.4) is 0 Å². The van der Waals surface area contributed by atoms with Crippen LogP contribution >= 0.6 is 0 Å². The number of carbonyl (C=O) groups is 1. The van der Waals surface area contributed by atoms with Gasteiger partial charge in [-0.1, -0.05) is 38.1 Å². The van der Waals surface area contributed by atoms with Crippen molar-refractivity contribution < 1.29 is 14.3 Å². The molecular formula is C24H31NO3. The van der Waals surface area contributed by atoms with Crippen molar-refractivity contribution in [3.63, 3.8) is 0 Å². The molecule has 0 saturated carbocycles. The van der Waals surface area contributed by atoms with E-state index in [0.717, 1.165) is 47.5 Å². The number of hydrogen-bond donors (Lipinski definition) is 1. The average Bonchev–Trinajstić information content (AvgIpc) is 2.66. The van der Waals surface area contributed by atoms with Crippen molar-refractivity contribution in [1.82, 2.24) is 5.32 Å². The van der Waals surface area contributed by atoms with Gasteiger partial charge in [-0.3, -0.25) is 4.79 Å². The zero-order valence-electron chi connectivity index (χ0n) is 17.5. The van der Waals surface area contributed by atoms with Gasteiger partial charge in [-0.2, -0.15) is 0 Å². The number of amides is 1. The number of aryl methyl sites for hydroxylation is 2. The van der Waals surface area contributed by atoms with Crippen LogP contribution < -0.4 is 14.8 Å². The molecule has 1 N–H and O–H groups in total. The molecule has 0 unspecified atom stereocenters. The van der Waals surface area contributed by atoms with Gasteiger partial charge < -0.3 is 14.8 Å². The standard InChI is InChI=1S/C24H31NO3/c1-6-24(7-2)15-21(20-10-8-9-11-22(20)28-24)25-23(26)18(5)27-19-13-16(3)12-17(4)14-19/h8-14,18,21H,6-7,15H2,1-5H3,(H,25,26)/t18-,21+/m1/s1. The lowest BCUT2D eigenvalue weighted by Gasteiger charge is -2.41. The second-order valence-electron chi connectivity index (χ2n) is 7.88. The maximum atomic E-state index is 12.9. The first-order chi connectivity index (χ1) is 13.4. The molecule has 2 aromatic rings. The summed E-state index contributed by atoms with van der Waals surface area (Å²) < 4.78 is 12.3. The summed E-state index contributed by atoms with van der Waals surface area (Å²) in [6.45, 7) is 10.1. The number of fused-ring (bicyclic) bond motifs is 1. The van der Waals surface area contributed by atoms with E-state index >= 15 is 0 Å². The van der Waals surface area contributed by atoms with E-state index in [2.05, 4.69) is 25.2 Å². The summed E-state index contributed by atoms with van der Waals surface area (Å²) in [6, 6.07) is 13.9. The molecule has 0 aromatic heterocycles. The summed E-state index contributed by atoms with van der Waals surface area (Å²) in [5.41, 5.74) is 3.03. The molecule has 1 aliphatic heterocycles. The topological polar surface area (TPSA) is 47.6 Å². The van der Waals surface area contributed by atoms with Gasteiger partial charge in [-0.05, 0) is 62.9 Å². The van der Waals surface area contributed by atoms with Crippen molar-refractivity contribution in [3.05, 3.63) is 59.2 Å². The largest absolute Gasteiger partial charge is 0.487 e. The number of carbonyl (C=O) groups excluding carboxylic acids is 1. The molecule has 4 nitrogen and oxygen atoms in total. The molecule has 0 spiro atoms. The highest BCUT2D eigenvalue weighted by molar-refractivity contribution is 5.81. The first-order valence-electron chi connectivity index (χ1n) is 10.2. The molecule has 0 fully saturated rings. The third-order valence-electron chi connectivity index (χ3n) is 5.68. The van der Waals surface area contributed by atoms with E-state index in [0.29, 0.717) is 0 Å². The van der Waals surface area contributed by atoms with E-state index in [9.17, 15) is 4.79 Å². The van der Waals surface area contributed by atoms with Crippen LogP contribution in [0.4, 0.5) is 0 Å². The Morgan fingerprint density at radius 3 is 2.46 bits per heavy atom. The van der Waals surface area contributed by atoms with Gasteiger partial charge in [-0.15, -0.1) is 0 Å². The van der Waals surface area contributed by atoms with Crippen LogP contribution in [-0.2, 0) is 4.79 Å². The van der Waals surface area contributed by atoms with Gasteiger partial charge in [-0.25, -0.2) is 0 Å². The summed E-state index contributed by atoms with van der Waals surface area (Å²) in [7, 11) is 0. The Bertz CT molecular complexity index is 821. The van der Waals surface area contributed by atoms with Crippen molar-refractivity contribution in [2.45, 2.75) is 71.6 Å². The fraction of sp³-hybridized carbons (Fsp3) is 0.458. The average molecular weight is 382 g/mol. The second-order valence-corrected chi connectivity index (χ2v) is 7.88. The SMILES string of the molecule is CCC1(CC)C[C@H](NC(=O)[C@@H](C)Oc2cc(C)cc(C)c2)c2ccccc2O1. The molecule has 2 aromatic carbocycles. The highest BCUT2D eigenvalue weighted by Crippen LogP contribution is 2.42. The fourth-order valence-corrected chi connectivity index (χ4v) is 3.98. The highest BCUT2D eigenvalue weighted by Gasteiger charge is 2.39.